The minimum Gasteiger partial charge on any atom is -0.507 e. The van der Waals surface area contributed by atoms with Crippen molar-refractivity contribution in [3.63, 3.8) is 0 Å². The lowest BCUT2D eigenvalue weighted by Crippen LogP contribution is -2.18. The average Bonchev–Trinajstić information content (AvgIpc) is 3.09. The van der Waals surface area contributed by atoms with Crippen LogP contribution < -0.4 is 5.73 Å². The van der Waals surface area contributed by atoms with Crippen molar-refractivity contribution in [2.24, 2.45) is 5.92 Å². The highest BCUT2D eigenvalue weighted by Gasteiger charge is 2.14. The van der Waals surface area contributed by atoms with Crippen molar-refractivity contribution in [1.29, 1.82) is 0 Å². The zero-order valence-electron chi connectivity index (χ0n) is 13.4. The van der Waals surface area contributed by atoms with Gasteiger partial charge >= 0.3 is 0 Å². The van der Waals surface area contributed by atoms with Gasteiger partial charge in [0, 0.05) is 48.6 Å². The van der Waals surface area contributed by atoms with Gasteiger partial charge in [-0.25, -0.2) is 0 Å². The first-order valence-corrected chi connectivity index (χ1v) is 7.78. The second-order valence-corrected chi connectivity index (χ2v) is 5.73. The molecule has 0 amide bonds. The molecule has 0 saturated carbocycles. The molecular weight excluding hydrogens is 322 g/mol. The van der Waals surface area contributed by atoms with Crippen LogP contribution in [0.4, 0.5) is 5.82 Å². The van der Waals surface area contributed by atoms with Crippen molar-refractivity contribution in [2.45, 2.75) is 6.54 Å². The number of anilines is 1. The van der Waals surface area contributed by atoms with E-state index < -0.39 is 0 Å². The second-order valence-electron chi connectivity index (χ2n) is 5.73. The topological polar surface area (TPSA) is 130 Å². The zero-order valence-corrected chi connectivity index (χ0v) is 13.4. The smallest absolute Gasteiger partial charge is 0.154 e. The van der Waals surface area contributed by atoms with Crippen LogP contribution in [0, 0.1) is 5.92 Å². The predicted molar refractivity (Wildman–Crippen MR) is 92.4 cm³/mol. The summed E-state index contributed by atoms with van der Waals surface area (Å²) in [5, 5.41) is 40.6. The summed E-state index contributed by atoms with van der Waals surface area (Å²) in [6.07, 6.45) is 3.40. The quantitative estimate of drug-likeness (QED) is 0.524. The first-order valence-electron chi connectivity index (χ1n) is 7.78. The fraction of sp³-hybridized carbons (Fsp3) is 0.235. The van der Waals surface area contributed by atoms with E-state index in [0.29, 0.717) is 23.4 Å². The van der Waals surface area contributed by atoms with E-state index in [-0.39, 0.29) is 30.7 Å². The Bertz CT molecular complexity index is 861. The molecule has 0 aliphatic carbocycles. The van der Waals surface area contributed by atoms with Crippen molar-refractivity contribution in [1.82, 2.24) is 20.0 Å². The van der Waals surface area contributed by atoms with Gasteiger partial charge in [0.2, 0.25) is 0 Å². The molecule has 3 rings (SSSR count). The van der Waals surface area contributed by atoms with Crippen LogP contribution in [-0.2, 0) is 6.54 Å². The Morgan fingerprint density at radius 1 is 1.08 bits per heavy atom. The van der Waals surface area contributed by atoms with Gasteiger partial charge in [0.25, 0.3) is 0 Å². The molecule has 130 valence electrons. The lowest BCUT2D eigenvalue weighted by molar-refractivity contribution is 0.134. The number of benzene rings is 1. The Labute approximate surface area is 144 Å². The summed E-state index contributed by atoms with van der Waals surface area (Å²) < 4.78 is 1.63. The summed E-state index contributed by atoms with van der Waals surface area (Å²) in [7, 11) is 0. The number of aliphatic hydroxyl groups is 2. The average molecular weight is 341 g/mol. The monoisotopic (exact) mass is 341 g/mol. The van der Waals surface area contributed by atoms with Gasteiger partial charge in [-0.15, -0.1) is 10.2 Å². The van der Waals surface area contributed by atoms with E-state index in [0.717, 1.165) is 5.56 Å². The maximum atomic E-state index is 9.99. The van der Waals surface area contributed by atoms with Crippen LogP contribution in [0.5, 0.6) is 5.75 Å². The molecule has 8 nitrogen and oxygen atoms in total. The maximum Gasteiger partial charge on any atom is 0.154 e. The molecule has 0 bridgehead atoms. The number of para-hydroxylation sites is 1. The fourth-order valence-corrected chi connectivity index (χ4v) is 2.49. The molecule has 0 saturated heterocycles. The molecule has 2 aromatic heterocycles. The number of aliphatic hydroxyl groups excluding tert-OH is 2. The van der Waals surface area contributed by atoms with Gasteiger partial charge in [-0.2, -0.15) is 5.10 Å². The van der Waals surface area contributed by atoms with E-state index in [1.54, 1.807) is 47.4 Å². The van der Waals surface area contributed by atoms with Crippen LogP contribution in [0.25, 0.3) is 22.4 Å². The standard InChI is InChI=1S/C17H19N5O3/c18-17-14(12-6-19-22(8-12)7-11(9-23)10-24)5-15(20-21-17)13-3-1-2-4-16(13)25/h1-6,8,11,23-25H,7,9-10H2,(H2,18,21). The highest BCUT2D eigenvalue weighted by atomic mass is 16.3. The third-order valence-corrected chi connectivity index (χ3v) is 3.91. The van der Waals surface area contributed by atoms with E-state index in [1.165, 1.54) is 0 Å². The number of rotatable bonds is 6. The van der Waals surface area contributed by atoms with E-state index >= 15 is 0 Å². The first-order chi connectivity index (χ1) is 12.1. The van der Waals surface area contributed by atoms with Crippen LogP contribution in [-0.4, -0.2) is 48.5 Å². The van der Waals surface area contributed by atoms with Crippen molar-refractivity contribution in [2.75, 3.05) is 18.9 Å². The lowest BCUT2D eigenvalue weighted by atomic mass is 10.1. The van der Waals surface area contributed by atoms with E-state index in [1.807, 2.05) is 0 Å². The zero-order chi connectivity index (χ0) is 17.8. The van der Waals surface area contributed by atoms with Gasteiger partial charge in [0.05, 0.1) is 11.9 Å². The van der Waals surface area contributed by atoms with Gasteiger partial charge in [-0.1, -0.05) is 12.1 Å². The maximum absolute atomic E-state index is 9.99. The molecule has 0 unspecified atom stereocenters. The summed E-state index contributed by atoms with van der Waals surface area (Å²) in [6, 6.07) is 8.60. The minimum atomic E-state index is -0.280. The normalized spacial score (nSPS) is 11.2. The number of hydrogen-bond acceptors (Lipinski definition) is 7. The van der Waals surface area contributed by atoms with E-state index in [9.17, 15) is 15.3 Å². The molecule has 0 atom stereocenters. The van der Waals surface area contributed by atoms with Crippen molar-refractivity contribution in [3.8, 4) is 28.1 Å². The number of nitrogen functional groups attached to an aromatic ring is 1. The van der Waals surface area contributed by atoms with Crippen molar-refractivity contribution < 1.29 is 15.3 Å². The number of nitrogens with two attached hydrogens (primary N) is 1. The summed E-state index contributed by atoms with van der Waals surface area (Å²) >= 11 is 0. The molecule has 0 aliphatic heterocycles. The molecule has 0 radical (unpaired) electrons. The summed E-state index contributed by atoms with van der Waals surface area (Å²) in [4.78, 5) is 0. The Kier molecular flexibility index (Phi) is 4.92. The van der Waals surface area contributed by atoms with Crippen molar-refractivity contribution >= 4 is 5.82 Å². The Hall–Kier alpha value is -2.97. The lowest BCUT2D eigenvalue weighted by Gasteiger charge is -2.10. The van der Waals surface area contributed by atoms with Gasteiger partial charge in [0.1, 0.15) is 5.75 Å². The van der Waals surface area contributed by atoms with Gasteiger partial charge in [-0.05, 0) is 18.2 Å². The summed E-state index contributed by atoms with van der Waals surface area (Å²) in [6.45, 7) is 0.141. The second kappa shape index (κ2) is 7.29. The molecule has 1 aromatic carbocycles. The molecular formula is C17H19N5O3. The van der Waals surface area contributed by atoms with Crippen LogP contribution in [0.3, 0.4) is 0 Å². The third-order valence-electron chi connectivity index (χ3n) is 3.91. The number of aromatic nitrogens is 4. The van der Waals surface area contributed by atoms with Gasteiger partial charge in [0.15, 0.2) is 5.82 Å². The molecule has 8 heteroatoms. The number of phenolic OH excluding ortho intramolecular Hbond substituents is 1. The molecule has 0 spiro atoms. The van der Waals surface area contributed by atoms with Gasteiger partial charge < -0.3 is 21.1 Å². The van der Waals surface area contributed by atoms with Crippen LogP contribution in [0.2, 0.25) is 0 Å². The van der Waals surface area contributed by atoms with Crippen LogP contribution >= 0.6 is 0 Å². The Morgan fingerprint density at radius 3 is 2.56 bits per heavy atom. The summed E-state index contributed by atoms with van der Waals surface area (Å²) in [5.41, 5.74) is 8.38. The predicted octanol–water partition coefficient (Wildman–Crippen LogP) is 0.896. The number of phenols is 1. The molecule has 2 heterocycles. The number of nitrogens with zero attached hydrogens (tertiary/aromatic N) is 4. The highest BCUT2D eigenvalue weighted by Crippen LogP contribution is 2.31. The largest absolute Gasteiger partial charge is 0.507 e. The van der Waals surface area contributed by atoms with E-state index in [4.69, 9.17) is 5.73 Å². The van der Waals surface area contributed by atoms with Crippen LogP contribution in [0.1, 0.15) is 0 Å². The Morgan fingerprint density at radius 2 is 1.84 bits per heavy atom. The molecule has 0 aliphatic rings. The fourth-order valence-electron chi connectivity index (χ4n) is 2.49. The summed E-state index contributed by atoms with van der Waals surface area (Å²) in [5.74, 6) is 0.0778. The molecule has 5 N–H and O–H groups in total. The SMILES string of the molecule is Nc1nnc(-c2ccccc2O)cc1-c1cnn(CC(CO)CO)c1. The van der Waals surface area contributed by atoms with Crippen molar-refractivity contribution in [3.05, 3.63) is 42.7 Å². The minimum absolute atomic E-state index is 0.108. The van der Waals surface area contributed by atoms with Gasteiger partial charge in [-0.3, -0.25) is 4.68 Å². The molecule has 0 fully saturated rings. The highest BCUT2D eigenvalue weighted by molar-refractivity contribution is 5.78. The Balaban J connectivity index is 1.94. The number of aromatic hydroxyl groups is 1. The third kappa shape index (κ3) is 3.59. The van der Waals surface area contributed by atoms with Crippen LogP contribution in [0.15, 0.2) is 42.7 Å². The molecule has 25 heavy (non-hydrogen) atoms. The first kappa shape index (κ1) is 16.9. The molecule has 3 aromatic rings. The number of hydrogen-bond donors (Lipinski definition) is 4. The van der Waals surface area contributed by atoms with E-state index in [2.05, 4.69) is 15.3 Å².